The van der Waals surface area contributed by atoms with Gasteiger partial charge in [-0.05, 0) is 31.5 Å². The van der Waals surface area contributed by atoms with Crippen molar-refractivity contribution < 1.29 is 4.74 Å². The third-order valence-corrected chi connectivity index (χ3v) is 5.32. The zero-order valence-electron chi connectivity index (χ0n) is 15.9. The highest BCUT2D eigenvalue weighted by atomic mass is 35.5. The van der Waals surface area contributed by atoms with E-state index < -0.39 is 0 Å². The molecule has 6 rings (SSSR count). The number of hydrogen-bond acceptors (Lipinski definition) is 6. The van der Waals surface area contributed by atoms with E-state index in [1.165, 1.54) is 6.42 Å². The SMILES string of the molecule is CCOc1cc(-c2ccc(N3CC4CC(C3)N4)nc2)c2c(C#N)cnn2c1.Cl.Cl. The van der Waals surface area contributed by atoms with Gasteiger partial charge in [0.1, 0.15) is 17.6 Å². The van der Waals surface area contributed by atoms with E-state index in [0.29, 0.717) is 24.3 Å². The van der Waals surface area contributed by atoms with Crippen LogP contribution in [-0.2, 0) is 0 Å². The summed E-state index contributed by atoms with van der Waals surface area (Å²) >= 11 is 0. The molecule has 152 valence electrons. The van der Waals surface area contributed by atoms with Gasteiger partial charge in [0.05, 0.1) is 30.1 Å². The summed E-state index contributed by atoms with van der Waals surface area (Å²) in [5, 5.41) is 17.3. The number of halogens is 2. The van der Waals surface area contributed by atoms with E-state index in [1.807, 2.05) is 19.2 Å². The molecule has 2 bridgehead atoms. The molecular weight excluding hydrogens is 411 g/mol. The van der Waals surface area contributed by atoms with Crippen molar-refractivity contribution in [3.8, 4) is 22.9 Å². The zero-order valence-corrected chi connectivity index (χ0v) is 17.5. The molecule has 3 aromatic heterocycles. The second-order valence-corrected chi connectivity index (χ2v) is 7.09. The first-order valence-electron chi connectivity index (χ1n) is 9.27. The summed E-state index contributed by atoms with van der Waals surface area (Å²) in [6.45, 7) is 4.53. The molecule has 1 N–H and O–H groups in total. The van der Waals surface area contributed by atoms with Crippen LogP contribution in [0.2, 0.25) is 0 Å². The molecule has 0 radical (unpaired) electrons. The fourth-order valence-corrected chi connectivity index (χ4v) is 4.08. The van der Waals surface area contributed by atoms with Crippen molar-refractivity contribution in [3.05, 3.63) is 42.4 Å². The minimum absolute atomic E-state index is 0. The van der Waals surface area contributed by atoms with Gasteiger partial charge in [0.25, 0.3) is 0 Å². The lowest BCUT2D eigenvalue weighted by atomic mass is 9.91. The van der Waals surface area contributed by atoms with Gasteiger partial charge in [0.15, 0.2) is 0 Å². The molecule has 0 aromatic carbocycles. The van der Waals surface area contributed by atoms with Crippen LogP contribution in [0.1, 0.15) is 18.9 Å². The van der Waals surface area contributed by atoms with E-state index in [1.54, 1.807) is 16.9 Å². The second kappa shape index (κ2) is 8.46. The highest BCUT2D eigenvalue weighted by molar-refractivity contribution is 5.86. The third-order valence-electron chi connectivity index (χ3n) is 5.32. The number of anilines is 1. The maximum atomic E-state index is 9.45. The number of nitriles is 1. The standard InChI is InChI=1S/C20H20N6O.2ClH/c1-2-27-17-6-18(20-14(7-21)9-23-26(20)12-17)13-3-4-19(22-8-13)25-10-15-5-16(11-25)24-15;;/h3-4,6,8-9,12,15-16,24H,2,5,10-11H2,1H3;2*1H. The van der Waals surface area contributed by atoms with Crippen LogP contribution < -0.4 is 15.0 Å². The average molecular weight is 433 g/mol. The molecule has 3 aliphatic heterocycles. The number of aromatic nitrogens is 3. The second-order valence-electron chi connectivity index (χ2n) is 7.09. The first-order valence-corrected chi connectivity index (χ1v) is 9.27. The summed E-state index contributed by atoms with van der Waals surface area (Å²) in [5.41, 5.74) is 3.16. The molecule has 6 heterocycles. The number of ether oxygens (including phenoxy) is 1. The van der Waals surface area contributed by atoms with Crippen LogP contribution in [0.4, 0.5) is 5.82 Å². The molecule has 9 heteroatoms. The molecular formula is C20H22Cl2N6O. The molecule has 0 amide bonds. The van der Waals surface area contributed by atoms with Gasteiger partial charge >= 0.3 is 0 Å². The van der Waals surface area contributed by atoms with Crippen LogP contribution in [0.15, 0.2) is 36.8 Å². The fraction of sp³-hybridized carbons (Fsp3) is 0.350. The zero-order chi connectivity index (χ0) is 18.4. The minimum atomic E-state index is 0. The quantitative estimate of drug-likeness (QED) is 0.682. The molecule has 2 atom stereocenters. The summed E-state index contributed by atoms with van der Waals surface area (Å²) in [5.74, 6) is 1.72. The van der Waals surface area contributed by atoms with E-state index >= 15 is 0 Å². The Hall–Kier alpha value is -2.53. The van der Waals surface area contributed by atoms with Gasteiger partial charge in [0, 0.05) is 42.5 Å². The van der Waals surface area contributed by atoms with Crippen LogP contribution in [0, 0.1) is 11.3 Å². The number of piperidine rings is 1. The normalized spacial score (nSPS) is 19.5. The first-order chi connectivity index (χ1) is 13.2. The predicted octanol–water partition coefficient (Wildman–Crippen LogP) is 3.06. The van der Waals surface area contributed by atoms with Crippen LogP contribution in [0.3, 0.4) is 0 Å². The van der Waals surface area contributed by atoms with E-state index in [4.69, 9.17) is 9.72 Å². The van der Waals surface area contributed by atoms with Crippen LogP contribution in [0.25, 0.3) is 16.6 Å². The monoisotopic (exact) mass is 432 g/mol. The number of fused-ring (bicyclic) bond motifs is 3. The van der Waals surface area contributed by atoms with E-state index in [9.17, 15) is 5.26 Å². The maximum absolute atomic E-state index is 9.45. The van der Waals surface area contributed by atoms with Crippen molar-refractivity contribution in [2.24, 2.45) is 0 Å². The molecule has 2 unspecified atom stereocenters. The fourth-order valence-electron chi connectivity index (χ4n) is 4.08. The van der Waals surface area contributed by atoms with Crippen LogP contribution >= 0.6 is 24.8 Å². The lowest BCUT2D eigenvalue weighted by Crippen LogP contribution is -2.67. The van der Waals surface area contributed by atoms with Gasteiger partial charge < -0.3 is 15.0 Å². The Morgan fingerprint density at radius 1 is 1.24 bits per heavy atom. The molecule has 3 fully saturated rings. The van der Waals surface area contributed by atoms with Gasteiger partial charge in [-0.2, -0.15) is 10.4 Å². The Labute approximate surface area is 181 Å². The van der Waals surface area contributed by atoms with Crippen molar-refractivity contribution in [2.75, 3.05) is 24.6 Å². The molecule has 0 aliphatic carbocycles. The third kappa shape index (κ3) is 3.71. The van der Waals surface area contributed by atoms with Gasteiger partial charge in [-0.3, -0.25) is 0 Å². The van der Waals surface area contributed by atoms with Crippen molar-refractivity contribution in [3.63, 3.8) is 0 Å². The van der Waals surface area contributed by atoms with Crippen LogP contribution in [-0.4, -0.2) is 46.4 Å². The largest absolute Gasteiger partial charge is 0.492 e. The number of piperazine rings is 1. The summed E-state index contributed by atoms with van der Waals surface area (Å²) in [4.78, 5) is 7.04. The average Bonchev–Trinajstić information content (AvgIpc) is 3.10. The highest BCUT2D eigenvalue weighted by Gasteiger charge is 2.36. The lowest BCUT2D eigenvalue weighted by molar-refractivity contribution is 0.225. The van der Waals surface area contributed by atoms with Crippen molar-refractivity contribution in [1.82, 2.24) is 19.9 Å². The summed E-state index contributed by atoms with van der Waals surface area (Å²) in [6.07, 6.45) is 6.54. The Kier molecular flexibility index (Phi) is 6.18. The summed E-state index contributed by atoms with van der Waals surface area (Å²) in [7, 11) is 0. The molecule has 29 heavy (non-hydrogen) atoms. The van der Waals surface area contributed by atoms with E-state index in [2.05, 4.69) is 33.5 Å². The topological polar surface area (TPSA) is 78.5 Å². The summed E-state index contributed by atoms with van der Waals surface area (Å²) in [6, 6.07) is 9.50. The van der Waals surface area contributed by atoms with Crippen LogP contribution in [0.5, 0.6) is 5.75 Å². The number of rotatable bonds is 4. The van der Waals surface area contributed by atoms with Crippen molar-refractivity contribution >= 4 is 36.1 Å². The van der Waals surface area contributed by atoms with Crippen molar-refractivity contribution in [1.29, 1.82) is 5.26 Å². The number of nitrogens with zero attached hydrogens (tertiary/aromatic N) is 5. The predicted molar refractivity (Wildman–Crippen MR) is 116 cm³/mol. The molecule has 0 saturated carbocycles. The van der Waals surface area contributed by atoms with Gasteiger partial charge in [-0.1, -0.05) is 0 Å². The molecule has 3 aromatic rings. The Morgan fingerprint density at radius 3 is 2.62 bits per heavy atom. The number of pyridine rings is 2. The maximum Gasteiger partial charge on any atom is 0.138 e. The molecule has 7 nitrogen and oxygen atoms in total. The minimum Gasteiger partial charge on any atom is -0.492 e. The first kappa shape index (κ1) is 21.2. The smallest absolute Gasteiger partial charge is 0.138 e. The van der Waals surface area contributed by atoms with Gasteiger partial charge in [-0.15, -0.1) is 24.8 Å². The number of nitrogens with one attached hydrogen (secondary N) is 1. The molecule has 3 aliphatic rings. The van der Waals surface area contributed by atoms with E-state index in [-0.39, 0.29) is 24.8 Å². The van der Waals surface area contributed by atoms with Crippen molar-refractivity contribution in [2.45, 2.75) is 25.4 Å². The number of hydrogen-bond donors (Lipinski definition) is 1. The Bertz CT molecular complexity index is 1030. The van der Waals surface area contributed by atoms with Gasteiger partial charge in [0.2, 0.25) is 0 Å². The van der Waals surface area contributed by atoms with Gasteiger partial charge in [-0.25, -0.2) is 9.50 Å². The molecule has 0 spiro atoms. The molecule has 3 saturated heterocycles. The summed E-state index contributed by atoms with van der Waals surface area (Å²) < 4.78 is 7.38. The van der Waals surface area contributed by atoms with E-state index in [0.717, 1.165) is 41.3 Å². The lowest BCUT2D eigenvalue weighted by Gasteiger charge is -2.48. The highest BCUT2D eigenvalue weighted by Crippen LogP contribution is 2.32. The Morgan fingerprint density at radius 2 is 2.00 bits per heavy atom. The Balaban J connectivity index is 0.00000120.